The lowest BCUT2D eigenvalue weighted by Crippen LogP contribution is -2.30. The van der Waals surface area contributed by atoms with Gasteiger partial charge in [-0.2, -0.15) is 0 Å². The average molecular weight is 406 g/mol. The molecule has 0 saturated heterocycles. The number of methoxy groups -OCH3 is 3. The Morgan fingerprint density at radius 2 is 1.48 bits per heavy atom. The van der Waals surface area contributed by atoms with Gasteiger partial charge in [0.25, 0.3) is 0 Å². The van der Waals surface area contributed by atoms with Crippen LogP contribution in [0.1, 0.15) is 17.2 Å². The van der Waals surface area contributed by atoms with Gasteiger partial charge in [0.15, 0.2) is 20.4 Å². The molecule has 3 rings (SSSR count). The van der Waals surface area contributed by atoms with Crippen LogP contribution in [0.25, 0.3) is 0 Å². The summed E-state index contributed by atoms with van der Waals surface area (Å²) in [6.07, 6.45) is -0.915. The van der Waals surface area contributed by atoms with E-state index in [9.17, 15) is 5.11 Å². The van der Waals surface area contributed by atoms with Crippen LogP contribution in [0.15, 0.2) is 36.4 Å². The molecular formula is C21H26O8. The first-order chi connectivity index (χ1) is 14.2. The van der Waals surface area contributed by atoms with Gasteiger partial charge >= 0.3 is 0 Å². The maximum atomic E-state index is 10.7. The summed E-state index contributed by atoms with van der Waals surface area (Å²) in [7, 11) is 4.65. The lowest BCUT2D eigenvalue weighted by Gasteiger charge is -2.32. The van der Waals surface area contributed by atoms with Crippen LogP contribution in [-0.2, 0) is 20.6 Å². The van der Waals surface area contributed by atoms with Crippen molar-refractivity contribution in [2.24, 2.45) is 0 Å². The summed E-state index contributed by atoms with van der Waals surface area (Å²) in [5.41, 5.74) is 1.59. The van der Waals surface area contributed by atoms with E-state index in [1.54, 1.807) is 33.5 Å². The summed E-state index contributed by atoms with van der Waals surface area (Å²) in [6.45, 7) is 0.337. The van der Waals surface area contributed by atoms with Crippen LogP contribution in [0.5, 0.6) is 23.0 Å². The molecule has 158 valence electrons. The molecule has 29 heavy (non-hydrogen) atoms. The number of rotatable bonds is 10. The predicted molar refractivity (Wildman–Crippen MR) is 103 cm³/mol. The second-order valence-corrected chi connectivity index (χ2v) is 6.43. The molecule has 1 aliphatic heterocycles. The van der Waals surface area contributed by atoms with Gasteiger partial charge in [-0.15, -0.1) is 0 Å². The summed E-state index contributed by atoms with van der Waals surface area (Å²) in [5, 5.41) is 10.7. The van der Waals surface area contributed by atoms with E-state index < -0.39 is 12.2 Å². The van der Waals surface area contributed by atoms with Crippen LogP contribution in [0.4, 0.5) is 0 Å². The summed E-state index contributed by atoms with van der Waals surface area (Å²) in [5.74, 6) is 2.33. The van der Waals surface area contributed by atoms with Crippen molar-refractivity contribution in [1.82, 2.24) is 0 Å². The van der Waals surface area contributed by atoms with Gasteiger partial charge in [-0.05, 0) is 17.7 Å². The molecule has 0 spiro atoms. The molecule has 1 heterocycles. The Morgan fingerprint density at radius 3 is 2.14 bits per heavy atom. The molecule has 0 saturated carbocycles. The first-order valence-corrected chi connectivity index (χ1v) is 9.13. The standard InChI is InChI=1S/C21H26O8/c1-23-11-26-15-6-4-14(5-7-15)21-18(22)10-17-19(28-13-25-3)8-16(27-12-24-2)9-20(17)29-21/h4-9,18,21-22H,10-13H2,1-3H3/t18-,21+/m0/s1. The maximum absolute atomic E-state index is 10.7. The summed E-state index contributed by atoms with van der Waals surface area (Å²) in [6, 6.07) is 10.8. The smallest absolute Gasteiger partial charge is 0.188 e. The molecule has 0 aromatic heterocycles. The molecule has 1 aliphatic rings. The highest BCUT2D eigenvalue weighted by atomic mass is 16.7. The summed E-state index contributed by atoms with van der Waals surface area (Å²) < 4.78 is 37.6. The fraction of sp³-hybridized carbons (Fsp3) is 0.429. The Balaban J connectivity index is 1.84. The molecule has 2 aromatic carbocycles. The van der Waals surface area contributed by atoms with Gasteiger partial charge in [0, 0.05) is 45.4 Å². The molecule has 0 radical (unpaired) electrons. The zero-order valence-corrected chi connectivity index (χ0v) is 16.8. The van der Waals surface area contributed by atoms with Crippen LogP contribution in [0.3, 0.4) is 0 Å². The first-order valence-electron chi connectivity index (χ1n) is 9.13. The van der Waals surface area contributed by atoms with Gasteiger partial charge in [-0.3, -0.25) is 0 Å². The van der Waals surface area contributed by atoms with Crippen molar-refractivity contribution in [1.29, 1.82) is 0 Å². The Labute approximate surface area is 169 Å². The number of aliphatic hydroxyl groups is 1. The van der Waals surface area contributed by atoms with E-state index in [2.05, 4.69) is 0 Å². The number of hydrogen-bond acceptors (Lipinski definition) is 8. The highest BCUT2D eigenvalue weighted by molar-refractivity contribution is 5.52. The third-order valence-electron chi connectivity index (χ3n) is 4.39. The molecule has 2 atom stereocenters. The van der Waals surface area contributed by atoms with E-state index in [0.29, 0.717) is 29.4 Å². The molecule has 1 N–H and O–H groups in total. The van der Waals surface area contributed by atoms with Crippen molar-refractivity contribution in [2.45, 2.75) is 18.6 Å². The van der Waals surface area contributed by atoms with Crippen LogP contribution in [0.2, 0.25) is 0 Å². The highest BCUT2D eigenvalue weighted by Crippen LogP contribution is 2.42. The Bertz CT molecular complexity index is 777. The lowest BCUT2D eigenvalue weighted by atomic mass is 9.94. The van der Waals surface area contributed by atoms with E-state index in [1.807, 2.05) is 24.3 Å². The SMILES string of the molecule is COCOc1ccc([C@H]2Oc3cc(OCOC)cc(OCOC)c3C[C@@H]2O)cc1. The molecule has 8 nitrogen and oxygen atoms in total. The number of ether oxygens (including phenoxy) is 7. The van der Waals surface area contributed by atoms with Gasteiger partial charge in [0.1, 0.15) is 29.1 Å². The minimum atomic E-state index is -0.746. The minimum Gasteiger partial charge on any atom is -0.482 e. The van der Waals surface area contributed by atoms with Crippen molar-refractivity contribution in [3.63, 3.8) is 0 Å². The van der Waals surface area contributed by atoms with Crippen LogP contribution in [-0.4, -0.2) is 52.9 Å². The summed E-state index contributed by atoms with van der Waals surface area (Å²) >= 11 is 0. The molecule has 0 aliphatic carbocycles. The van der Waals surface area contributed by atoms with E-state index in [4.69, 9.17) is 33.2 Å². The van der Waals surface area contributed by atoms with Gasteiger partial charge in [0.2, 0.25) is 0 Å². The third-order valence-corrected chi connectivity index (χ3v) is 4.39. The largest absolute Gasteiger partial charge is 0.482 e. The number of hydrogen-bond donors (Lipinski definition) is 1. The zero-order chi connectivity index (χ0) is 20.6. The molecule has 2 aromatic rings. The molecular weight excluding hydrogens is 380 g/mol. The van der Waals surface area contributed by atoms with Crippen molar-refractivity contribution >= 4 is 0 Å². The average Bonchev–Trinajstić information content (AvgIpc) is 2.75. The topological polar surface area (TPSA) is 84.8 Å². The van der Waals surface area contributed by atoms with Crippen molar-refractivity contribution in [3.05, 3.63) is 47.5 Å². The van der Waals surface area contributed by atoms with E-state index in [1.165, 1.54) is 0 Å². The normalized spacial score (nSPS) is 17.9. The van der Waals surface area contributed by atoms with Crippen LogP contribution >= 0.6 is 0 Å². The highest BCUT2D eigenvalue weighted by Gasteiger charge is 2.32. The summed E-state index contributed by atoms with van der Waals surface area (Å²) in [4.78, 5) is 0. The molecule has 0 amide bonds. The van der Waals surface area contributed by atoms with Gasteiger partial charge < -0.3 is 38.3 Å². The van der Waals surface area contributed by atoms with Gasteiger partial charge in [-0.1, -0.05) is 12.1 Å². The Kier molecular flexibility index (Phi) is 7.54. The van der Waals surface area contributed by atoms with Crippen molar-refractivity contribution in [3.8, 4) is 23.0 Å². The molecule has 0 fully saturated rings. The third kappa shape index (κ3) is 5.30. The van der Waals surface area contributed by atoms with Crippen molar-refractivity contribution < 1.29 is 38.3 Å². The fourth-order valence-electron chi connectivity index (χ4n) is 3.07. The van der Waals surface area contributed by atoms with Gasteiger partial charge in [0.05, 0.1) is 6.10 Å². The quantitative estimate of drug-likeness (QED) is 0.603. The molecule has 0 bridgehead atoms. The fourth-order valence-corrected chi connectivity index (χ4v) is 3.07. The van der Waals surface area contributed by atoms with Crippen molar-refractivity contribution in [2.75, 3.05) is 41.7 Å². The number of benzene rings is 2. The second-order valence-electron chi connectivity index (χ2n) is 6.43. The Hall–Kier alpha value is -2.52. The molecule has 8 heteroatoms. The Morgan fingerprint density at radius 1 is 0.862 bits per heavy atom. The predicted octanol–water partition coefficient (Wildman–Crippen LogP) is 2.67. The van der Waals surface area contributed by atoms with E-state index in [-0.39, 0.29) is 20.4 Å². The lowest BCUT2D eigenvalue weighted by molar-refractivity contribution is 0.0144. The monoisotopic (exact) mass is 406 g/mol. The maximum Gasteiger partial charge on any atom is 0.188 e. The van der Waals surface area contributed by atoms with E-state index >= 15 is 0 Å². The van der Waals surface area contributed by atoms with Crippen LogP contribution in [0, 0.1) is 0 Å². The van der Waals surface area contributed by atoms with Crippen LogP contribution < -0.4 is 18.9 Å². The number of aliphatic hydroxyl groups excluding tert-OH is 1. The second kappa shape index (κ2) is 10.3. The number of fused-ring (bicyclic) bond motifs is 1. The van der Waals surface area contributed by atoms with Gasteiger partial charge in [-0.25, -0.2) is 0 Å². The molecule has 0 unspecified atom stereocenters. The van der Waals surface area contributed by atoms with E-state index in [0.717, 1.165) is 11.1 Å². The first kappa shape index (κ1) is 21.2. The zero-order valence-electron chi connectivity index (χ0n) is 16.8. The minimum absolute atomic E-state index is 0.0721.